The molecule has 1 unspecified atom stereocenters. The molecule has 1 atom stereocenters. The predicted octanol–water partition coefficient (Wildman–Crippen LogP) is 3.33. The van der Waals surface area contributed by atoms with Crippen LogP contribution in [-0.4, -0.2) is 9.97 Å². The summed E-state index contributed by atoms with van der Waals surface area (Å²) in [6.45, 7) is 3.61. The average molecular weight is 281 g/mol. The molecule has 2 aromatic rings. The number of rotatable bonds is 3. The Hall–Kier alpha value is -1.88. The molecule has 4 nitrogen and oxygen atoms in total. The van der Waals surface area contributed by atoms with Crippen LogP contribution in [0.4, 0.5) is 15.9 Å². The van der Waals surface area contributed by atoms with Crippen molar-refractivity contribution in [2.75, 3.05) is 11.1 Å². The first-order chi connectivity index (χ1) is 8.99. The van der Waals surface area contributed by atoms with Gasteiger partial charge in [-0.2, -0.15) is 0 Å². The highest BCUT2D eigenvalue weighted by molar-refractivity contribution is 6.32. The lowest BCUT2D eigenvalue weighted by Gasteiger charge is -2.16. The molecule has 0 aliphatic rings. The maximum atomic E-state index is 13.5. The Labute approximate surface area is 115 Å². The van der Waals surface area contributed by atoms with Crippen molar-refractivity contribution in [3.8, 4) is 0 Å². The van der Waals surface area contributed by atoms with Gasteiger partial charge < -0.3 is 11.1 Å². The predicted molar refractivity (Wildman–Crippen MR) is 74.6 cm³/mol. The van der Waals surface area contributed by atoms with Gasteiger partial charge >= 0.3 is 0 Å². The van der Waals surface area contributed by atoms with Gasteiger partial charge in [0.1, 0.15) is 17.8 Å². The third kappa shape index (κ3) is 2.93. The van der Waals surface area contributed by atoms with E-state index in [1.54, 1.807) is 13.0 Å². The van der Waals surface area contributed by atoms with Crippen LogP contribution >= 0.6 is 11.6 Å². The zero-order valence-corrected chi connectivity index (χ0v) is 11.4. The molecule has 0 bridgehead atoms. The first kappa shape index (κ1) is 13.5. The van der Waals surface area contributed by atoms with E-state index in [1.807, 2.05) is 13.0 Å². The van der Waals surface area contributed by atoms with Gasteiger partial charge in [0.05, 0.1) is 6.04 Å². The molecule has 19 heavy (non-hydrogen) atoms. The molecule has 0 spiro atoms. The molecular weight excluding hydrogens is 267 g/mol. The summed E-state index contributed by atoms with van der Waals surface area (Å²) in [5.41, 5.74) is 7.47. The summed E-state index contributed by atoms with van der Waals surface area (Å²) < 4.78 is 13.5. The highest BCUT2D eigenvalue weighted by Crippen LogP contribution is 2.26. The molecule has 2 rings (SSSR count). The van der Waals surface area contributed by atoms with Gasteiger partial charge in [-0.25, -0.2) is 14.4 Å². The largest absolute Gasteiger partial charge is 0.393 e. The van der Waals surface area contributed by atoms with Crippen molar-refractivity contribution in [1.29, 1.82) is 0 Å². The molecule has 1 aromatic heterocycles. The Kier molecular flexibility index (Phi) is 3.85. The highest BCUT2D eigenvalue weighted by atomic mass is 35.5. The van der Waals surface area contributed by atoms with Crippen LogP contribution in [-0.2, 0) is 0 Å². The van der Waals surface area contributed by atoms with Crippen LogP contribution < -0.4 is 11.1 Å². The van der Waals surface area contributed by atoms with E-state index in [0.717, 1.165) is 5.56 Å². The van der Waals surface area contributed by atoms with E-state index in [4.69, 9.17) is 17.3 Å². The Bertz CT molecular complexity index is 603. The fourth-order valence-electron chi connectivity index (χ4n) is 1.66. The van der Waals surface area contributed by atoms with Crippen LogP contribution in [0.15, 0.2) is 24.5 Å². The average Bonchev–Trinajstić information content (AvgIpc) is 2.38. The molecule has 0 saturated heterocycles. The highest BCUT2D eigenvalue weighted by Gasteiger charge is 2.12. The first-order valence-electron chi connectivity index (χ1n) is 5.77. The topological polar surface area (TPSA) is 63.8 Å². The first-order valence-corrected chi connectivity index (χ1v) is 6.15. The third-order valence-electron chi connectivity index (χ3n) is 2.88. The summed E-state index contributed by atoms with van der Waals surface area (Å²) in [4.78, 5) is 7.79. The molecule has 100 valence electrons. The van der Waals surface area contributed by atoms with Gasteiger partial charge in [-0.15, -0.1) is 0 Å². The maximum absolute atomic E-state index is 13.5. The lowest BCUT2D eigenvalue weighted by Crippen LogP contribution is -2.11. The SMILES string of the molecule is Cc1ccc(C(C)Nc2ncnc(Cl)c2N)cc1F. The number of nitrogens with zero attached hydrogens (tertiary/aromatic N) is 2. The number of aromatic nitrogens is 2. The second kappa shape index (κ2) is 5.40. The molecular formula is C13H14ClFN4. The van der Waals surface area contributed by atoms with Crippen molar-refractivity contribution in [1.82, 2.24) is 9.97 Å². The number of nitrogens with one attached hydrogen (secondary N) is 1. The van der Waals surface area contributed by atoms with Crippen LogP contribution in [0.3, 0.4) is 0 Å². The second-order valence-electron chi connectivity index (χ2n) is 4.30. The molecule has 0 aliphatic heterocycles. The molecule has 1 aromatic carbocycles. The number of nitrogen functional groups attached to an aromatic ring is 1. The quantitative estimate of drug-likeness (QED) is 0.847. The van der Waals surface area contributed by atoms with Gasteiger partial charge in [0, 0.05) is 0 Å². The van der Waals surface area contributed by atoms with E-state index in [1.165, 1.54) is 12.4 Å². The van der Waals surface area contributed by atoms with Crippen molar-refractivity contribution in [2.24, 2.45) is 0 Å². The van der Waals surface area contributed by atoms with Crippen LogP contribution in [0.25, 0.3) is 0 Å². The van der Waals surface area contributed by atoms with Gasteiger partial charge in [-0.3, -0.25) is 0 Å². The number of benzene rings is 1. The van der Waals surface area contributed by atoms with Gasteiger partial charge in [0.2, 0.25) is 0 Å². The molecule has 0 radical (unpaired) electrons. The number of aryl methyl sites for hydroxylation is 1. The Morgan fingerprint density at radius 2 is 2.11 bits per heavy atom. The molecule has 0 fully saturated rings. The van der Waals surface area contributed by atoms with E-state index >= 15 is 0 Å². The molecule has 6 heteroatoms. The molecule has 0 amide bonds. The summed E-state index contributed by atoms with van der Waals surface area (Å²) in [6.07, 6.45) is 1.32. The van der Waals surface area contributed by atoms with E-state index < -0.39 is 0 Å². The van der Waals surface area contributed by atoms with E-state index in [0.29, 0.717) is 11.4 Å². The number of hydrogen-bond donors (Lipinski definition) is 2. The number of anilines is 2. The van der Waals surface area contributed by atoms with Gasteiger partial charge in [-0.1, -0.05) is 23.7 Å². The van der Waals surface area contributed by atoms with Crippen molar-refractivity contribution >= 4 is 23.1 Å². The van der Waals surface area contributed by atoms with Crippen molar-refractivity contribution < 1.29 is 4.39 Å². The summed E-state index contributed by atoms with van der Waals surface area (Å²) in [5, 5.41) is 3.28. The van der Waals surface area contributed by atoms with Crippen LogP contribution in [0.2, 0.25) is 5.15 Å². The smallest absolute Gasteiger partial charge is 0.157 e. The Morgan fingerprint density at radius 1 is 1.37 bits per heavy atom. The summed E-state index contributed by atoms with van der Waals surface area (Å²) in [7, 11) is 0. The van der Waals surface area contributed by atoms with Gasteiger partial charge in [0.25, 0.3) is 0 Å². The molecule has 0 saturated carbocycles. The van der Waals surface area contributed by atoms with E-state index in [-0.39, 0.29) is 22.7 Å². The fraction of sp³-hybridized carbons (Fsp3) is 0.231. The van der Waals surface area contributed by atoms with Gasteiger partial charge in [0.15, 0.2) is 11.0 Å². The lowest BCUT2D eigenvalue weighted by molar-refractivity contribution is 0.614. The second-order valence-corrected chi connectivity index (χ2v) is 4.66. The van der Waals surface area contributed by atoms with Crippen molar-refractivity contribution in [2.45, 2.75) is 19.9 Å². The minimum Gasteiger partial charge on any atom is -0.393 e. The van der Waals surface area contributed by atoms with Crippen molar-refractivity contribution in [3.63, 3.8) is 0 Å². The molecule has 3 N–H and O–H groups in total. The van der Waals surface area contributed by atoms with Crippen LogP contribution in [0.5, 0.6) is 0 Å². The minimum absolute atomic E-state index is 0.150. The minimum atomic E-state index is -0.236. The Morgan fingerprint density at radius 3 is 2.79 bits per heavy atom. The lowest BCUT2D eigenvalue weighted by atomic mass is 10.1. The monoisotopic (exact) mass is 280 g/mol. The maximum Gasteiger partial charge on any atom is 0.157 e. The van der Waals surface area contributed by atoms with Crippen LogP contribution in [0, 0.1) is 12.7 Å². The standard InChI is InChI=1S/C13H14ClFN4/c1-7-3-4-9(5-10(7)15)8(2)19-13-11(16)12(14)17-6-18-13/h3-6,8H,16H2,1-2H3,(H,17,18,19). The molecule has 0 aliphatic carbocycles. The van der Waals surface area contributed by atoms with Crippen molar-refractivity contribution in [3.05, 3.63) is 46.6 Å². The van der Waals surface area contributed by atoms with Gasteiger partial charge in [-0.05, 0) is 31.0 Å². The summed E-state index contributed by atoms with van der Waals surface area (Å²) in [5.74, 6) is 0.202. The molecule has 1 heterocycles. The third-order valence-corrected chi connectivity index (χ3v) is 3.19. The zero-order valence-electron chi connectivity index (χ0n) is 10.6. The fourth-order valence-corrected chi connectivity index (χ4v) is 1.79. The normalized spacial score (nSPS) is 12.2. The Balaban J connectivity index is 2.23. The van der Waals surface area contributed by atoms with Crippen LogP contribution in [0.1, 0.15) is 24.1 Å². The number of halogens is 2. The number of nitrogens with two attached hydrogens (primary N) is 1. The summed E-state index contributed by atoms with van der Waals surface area (Å²) >= 11 is 5.81. The van der Waals surface area contributed by atoms with E-state index in [2.05, 4.69) is 15.3 Å². The number of hydrogen-bond acceptors (Lipinski definition) is 4. The zero-order chi connectivity index (χ0) is 14.0. The summed E-state index contributed by atoms with van der Waals surface area (Å²) in [6, 6.07) is 4.93. The van der Waals surface area contributed by atoms with E-state index in [9.17, 15) is 4.39 Å².